The molecule has 0 radical (unpaired) electrons. The molecule has 0 bridgehead atoms. The zero-order valence-electron chi connectivity index (χ0n) is 19.5. The number of aliphatic imine (C=N–C) groups is 1. The number of aliphatic carboxylic acids is 1. The number of rotatable bonds is 9. The Morgan fingerprint density at radius 3 is 2.66 bits per heavy atom. The van der Waals surface area contributed by atoms with E-state index in [1.165, 1.54) is 12.1 Å². The van der Waals surface area contributed by atoms with Crippen LogP contribution in [0.25, 0.3) is 33.3 Å². The van der Waals surface area contributed by atoms with Crippen LogP contribution >= 0.6 is 0 Å². The second-order valence-corrected chi connectivity index (χ2v) is 7.86. The molecule has 4 rings (SSSR count). The number of carboxylic acid groups (broad SMARTS) is 1. The molecule has 0 aliphatic carbocycles. The fourth-order valence-electron chi connectivity index (χ4n) is 3.95. The van der Waals surface area contributed by atoms with Gasteiger partial charge in [0.25, 0.3) is 0 Å². The zero-order valence-corrected chi connectivity index (χ0v) is 19.5. The summed E-state index contributed by atoms with van der Waals surface area (Å²) in [5, 5.41) is 12.9. The first-order chi connectivity index (χ1) is 17.0. The Hall–Kier alpha value is -4.33. The third-order valence-electron chi connectivity index (χ3n) is 5.55. The Bertz CT molecular complexity index is 1390. The monoisotopic (exact) mass is 472 g/mol. The molecule has 2 N–H and O–H groups in total. The average molecular weight is 473 g/mol. The van der Waals surface area contributed by atoms with Gasteiger partial charge >= 0.3 is 5.97 Å². The number of pyridine rings is 2. The maximum atomic E-state index is 14.1. The minimum atomic E-state index is -0.862. The fraction of sp³-hybridized carbons (Fsp3) is 0.185. The molecule has 2 heterocycles. The third kappa shape index (κ3) is 5.27. The van der Waals surface area contributed by atoms with Crippen molar-refractivity contribution in [3.8, 4) is 28.3 Å². The lowest BCUT2D eigenvalue weighted by atomic mass is 9.98. The Morgan fingerprint density at radius 1 is 1.17 bits per heavy atom. The van der Waals surface area contributed by atoms with E-state index in [9.17, 15) is 9.18 Å². The van der Waals surface area contributed by atoms with Crippen molar-refractivity contribution >= 4 is 28.8 Å². The molecule has 0 unspecified atom stereocenters. The van der Waals surface area contributed by atoms with Gasteiger partial charge in [-0.15, -0.1) is 0 Å². The summed E-state index contributed by atoms with van der Waals surface area (Å²) in [5.74, 6) is -0.702. The lowest BCUT2D eigenvalue weighted by molar-refractivity contribution is -0.137. The summed E-state index contributed by atoms with van der Waals surface area (Å²) in [6.45, 7) is 0.408. The van der Waals surface area contributed by atoms with E-state index in [1.54, 1.807) is 32.6 Å². The van der Waals surface area contributed by atoms with E-state index in [-0.39, 0.29) is 12.2 Å². The van der Waals surface area contributed by atoms with Crippen LogP contribution in [-0.2, 0) is 4.79 Å². The second kappa shape index (κ2) is 10.7. The number of halogens is 1. The van der Waals surface area contributed by atoms with Gasteiger partial charge in [-0.1, -0.05) is 24.3 Å². The Labute approximate surface area is 202 Å². The summed E-state index contributed by atoms with van der Waals surface area (Å²) < 4.78 is 19.5. The number of hydrogen-bond acceptors (Lipinski definition) is 6. The van der Waals surface area contributed by atoms with Gasteiger partial charge in [0.15, 0.2) is 0 Å². The highest BCUT2D eigenvalue weighted by atomic mass is 19.1. The Balaban J connectivity index is 1.81. The number of carboxylic acids is 1. The summed E-state index contributed by atoms with van der Waals surface area (Å²) in [4.78, 5) is 24.2. The van der Waals surface area contributed by atoms with E-state index in [2.05, 4.69) is 15.3 Å². The van der Waals surface area contributed by atoms with Crippen LogP contribution in [0.1, 0.15) is 18.4 Å². The second-order valence-electron chi connectivity index (χ2n) is 7.86. The fourth-order valence-corrected chi connectivity index (χ4v) is 3.95. The van der Waals surface area contributed by atoms with Crippen molar-refractivity contribution < 1.29 is 19.0 Å². The average Bonchev–Trinajstić information content (AvgIpc) is 2.87. The SMILES string of the molecule is CN=Cc1c(-c2ccc(-c3cccnc3OC)cc2)nc2ccc(F)cc2c1NCCCC(=O)O. The summed E-state index contributed by atoms with van der Waals surface area (Å²) in [7, 11) is 3.24. The number of anilines is 1. The van der Waals surface area contributed by atoms with Gasteiger partial charge in [-0.3, -0.25) is 9.79 Å². The number of carbonyl (C=O) groups is 1. The van der Waals surface area contributed by atoms with Crippen LogP contribution in [0, 0.1) is 5.82 Å². The molecule has 0 aliphatic heterocycles. The van der Waals surface area contributed by atoms with Crippen molar-refractivity contribution in [1.29, 1.82) is 0 Å². The van der Waals surface area contributed by atoms with Gasteiger partial charge in [0.05, 0.1) is 24.0 Å². The zero-order chi connectivity index (χ0) is 24.8. The number of nitrogens with zero attached hydrogens (tertiary/aromatic N) is 3. The molecule has 0 fully saturated rings. The third-order valence-corrected chi connectivity index (χ3v) is 5.55. The molecule has 0 saturated heterocycles. The summed E-state index contributed by atoms with van der Waals surface area (Å²) in [6, 6.07) is 16.1. The largest absolute Gasteiger partial charge is 0.481 e. The summed E-state index contributed by atoms with van der Waals surface area (Å²) in [5.41, 5.74) is 5.34. The number of ether oxygens (including phenoxy) is 1. The minimum absolute atomic E-state index is 0.0354. The molecule has 0 saturated carbocycles. The number of benzene rings is 2. The number of fused-ring (bicyclic) bond motifs is 1. The molecule has 8 heteroatoms. The molecule has 178 valence electrons. The number of methoxy groups -OCH3 is 1. The number of aromatic nitrogens is 2. The molecule has 35 heavy (non-hydrogen) atoms. The summed E-state index contributed by atoms with van der Waals surface area (Å²) in [6.07, 6.45) is 3.83. The van der Waals surface area contributed by atoms with E-state index in [4.69, 9.17) is 14.8 Å². The van der Waals surface area contributed by atoms with Crippen molar-refractivity contribution in [2.75, 3.05) is 26.0 Å². The first kappa shape index (κ1) is 23.8. The van der Waals surface area contributed by atoms with E-state index >= 15 is 0 Å². The highest BCUT2D eigenvalue weighted by Gasteiger charge is 2.17. The molecule has 2 aromatic carbocycles. The van der Waals surface area contributed by atoms with Crippen molar-refractivity contribution in [3.63, 3.8) is 0 Å². The molecular weight excluding hydrogens is 447 g/mol. The van der Waals surface area contributed by atoms with Crippen LogP contribution in [0.4, 0.5) is 10.1 Å². The molecule has 0 spiro atoms. The molecule has 0 aliphatic rings. The maximum Gasteiger partial charge on any atom is 0.303 e. The molecule has 0 amide bonds. The van der Waals surface area contributed by atoms with Gasteiger partial charge in [0.2, 0.25) is 5.88 Å². The van der Waals surface area contributed by atoms with Crippen LogP contribution in [0.5, 0.6) is 5.88 Å². The molecule has 7 nitrogen and oxygen atoms in total. The Kier molecular flexibility index (Phi) is 7.30. The predicted octanol–water partition coefficient (Wildman–Crippen LogP) is 5.44. The van der Waals surface area contributed by atoms with Gasteiger partial charge < -0.3 is 15.2 Å². The van der Waals surface area contributed by atoms with Gasteiger partial charge in [0, 0.05) is 54.5 Å². The smallest absolute Gasteiger partial charge is 0.303 e. The standard InChI is InChI=1S/C27H25FN4O3/c1-29-16-22-25(18-9-7-17(8-10-18)20-5-3-14-31-27(20)35-2)32-23-12-11-19(28)15-21(23)26(22)30-13-4-6-24(33)34/h3,5,7-12,14-16H,4,6,13H2,1-2H3,(H,30,32)(H,33,34). The van der Waals surface area contributed by atoms with E-state index in [1.807, 2.05) is 36.4 Å². The van der Waals surface area contributed by atoms with E-state index < -0.39 is 5.97 Å². The maximum absolute atomic E-state index is 14.1. The van der Waals surface area contributed by atoms with Crippen LogP contribution in [-0.4, -0.2) is 48.0 Å². The number of hydrogen-bond donors (Lipinski definition) is 2. The first-order valence-corrected chi connectivity index (χ1v) is 11.1. The topological polar surface area (TPSA) is 96.7 Å². The van der Waals surface area contributed by atoms with E-state index in [0.717, 1.165) is 16.7 Å². The summed E-state index contributed by atoms with van der Waals surface area (Å²) >= 11 is 0. The highest BCUT2D eigenvalue weighted by Crippen LogP contribution is 2.35. The quantitative estimate of drug-likeness (QED) is 0.249. The molecular formula is C27H25FN4O3. The molecule has 2 aromatic heterocycles. The first-order valence-electron chi connectivity index (χ1n) is 11.1. The normalized spacial score (nSPS) is 11.2. The van der Waals surface area contributed by atoms with Crippen molar-refractivity contribution in [2.24, 2.45) is 4.99 Å². The van der Waals surface area contributed by atoms with Crippen molar-refractivity contribution in [1.82, 2.24) is 9.97 Å². The van der Waals surface area contributed by atoms with E-state index in [0.29, 0.717) is 46.7 Å². The molecule has 0 atom stereocenters. The lowest BCUT2D eigenvalue weighted by Crippen LogP contribution is -2.09. The number of nitrogens with one attached hydrogen (secondary N) is 1. The minimum Gasteiger partial charge on any atom is -0.481 e. The molecule has 4 aromatic rings. The van der Waals surface area contributed by atoms with Crippen LogP contribution < -0.4 is 10.1 Å². The van der Waals surface area contributed by atoms with Crippen LogP contribution in [0.3, 0.4) is 0 Å². The Morgan fingerprint density at radius 2 is 1.94 bits per heavy atom. The van der Waals surface area contributed by atoms with Crippen LogP contribution in [0.2, 0.25) is 0 Å². The lowest BCUT2D eigenvalue weighted by Gasteiger charge is -2.17. The van der Waals surface area contributed by atoms with Crippen LogP contribution in [0.15, 0.2) is 65.8 Å². The van der Waals surface area contributed by atoms with Crippen molar-refractivity contribution in [3.05, 3.63) is 72.2 Å². The van der Waals surface area contributed by atoms with Crippen molar-refractivity contribution in [2.45, 2.75) is 12.8 Å². The highest BCUT2D eigenvalue weighted by molar-refractivity contribution is 6.06. The predicted molar refractivity (Wildman–Crippen MR) is 136 cm³/mol. The van der Waals surface area contributed by atoms with Gasteiger partial charge in [-0.2, -0.15) is 0 Å². The van der Waals surface area contributed by atoms with Gasteiger partial charge in [-0.05, 0) is 42.3 Å². The van der Waals surface area contributed by atoms with Gasteiger partial charge in [0.1, 0.15) is 5.82 Å². The van der Waals surface area contributed by atoms with Gasteiger partial charge in [-0.25, -0.2) is 14.4 Å².